The Morgan fingerprint density at radius 2 is 1.95 bits per heavy atom. The first kappa shape index (κ1) is 26.8. The van der Waals surface area contributed by atoms with Gasteiger partial charge in [-0.1, -0.05) is 36.2 Å². The van der Waals surface area contributed by atoms with Gasteiger partial charge in [0.1, 0.15) is 5.75 Å². The molecule has 2 unspecified atom stereocenters. The van der Waals surface area contributed by atoms with E-state index >= 15 is 0 Å². The van der Waals surface area contributed by atoms with Crippen molar-refractivity contribution in [3.8, 4) is 5.75 Å². The second-order valence-corrected chi connectivity index (χ2v) is 10.1. The predicted octanol–water partition coefficient (Wildman–Crippen LogP) is 6.20. The van der Waals surface area contributed by atoms with Crippen LogP contribution < -0.4 is 15.0 Å². The van der Waals surface area contributed by atoms with E-state index in [1.165, 1.54) is 0 Å². The van der Waals surface area contributed by atoms with E-state index in [0.29, 0.717) is 40.7 Å². The summed E-state index contributed by atoms with van der Waals surface area (Å²) in [7, 11) is 1.58. The molecular formula is C27H29Cl2N5O3. The van der Waals surface area contributed by atoms with Crippen molar-refractivity contribution in [1.29, 1.82) is 0 Å². The number of hydrogen-bond acceptors (Lipinski definition) is 6. The normalized spacial score (nSPS) is 20.6. The summed E-state index contributed by atoms with van der Waals surface area (Å²) in [4.78, 5) is 17.3. The maximum absolute atomic E-state index is 11.5. The van der Waals surface area contributed by atoms with Crippen LogP contribution in [-0.4, -0.2) is 41.5 Å². The zero-order chi connectivity index (χ0) is 25.2. The molecule has 1 aromatic heterocycles. The number of ether oxygens (including phenoxy) is 1. The van der Waals surface area contributed by atoms with Gasteiger partial charge in [0.2, 0.25) is 0 Å². The van der Waals surface area contributed by atoms with Crippen LogP contribution in [0, 0.1) is 24.3 Å². The van der Waals surface area contributed by atoms with Gasteiger partial charge >= 0.3 is 5.97 Å². The Balaban J connectivity index is 0.00000320. The Labute approximate surface area is 227 Å². The van der Waals surface area contributed by atoms with Gasteiger partial charge in [0.15, 0.2) is 17.3 Å². The monoisotopic (exact) mass is 541 g/mol. The minimum absolute atomic E-state index is 0. The number of carboxylic acids is 1. The smallest absolute Gasteiger partial charge is 0.303 e. The van der Waals surface area contributed by atoms with Crippen molar-refractivity contribution < 1.29 is 14.6 Å². The Morgan fingerprint density at radius 1 is 1.19 bits per heavy atom. The van der Waals surface area contributed by atoms with E-state index < -0.39 is 5.97 Å². The molecule has 194 valence electrons. The maximum atomic E-state index is 11.5. The number of nitrogens with zero attached hydrogens (tertiary/aromatic N) is 4. The topological polar surface area (TPSA) is 91.9 Å². The first-order valence-corrected chi connectivity index (χ1v) is 12.6. The number of carbonyl (C=O) groups is 1. The molecule has 3 aromatic rings. The van der Waals surface area contributed by atoms with Crippen LogP contribution in [0.2, 0.25) is 5.02 Å². The highest BCUT2D eigenvalue weighted by Crippen LogP contribution is 2.44. The van der Waals surface area contributed by atoms with E-state index in [1.54, 1.807) is 7.11 Å². The molecule has 8 nitrogen and oxygen atoms in total. The summed E-state index contributed by atoms with van der Waals surface area (Å²) in [5.74, 6) is 2.20. The number of rotatable bonds is 7. The van der Waals surface area contributed by atoms with E-state index in [0.717, 1.165) is 54.5 Å². The molecule has 2 fully saturated rings. The molecule has 1 saturated heterocycles. The fourth-order valence-electron chi connectivity index (χ4n) is 5.82. The SMILES string of the molecule is Cl.[C-]#[N+]c1ccc2c(N3CC4CCCC(C3)C4CC(=O)O)nnc(NCc3ccc(OC)c(Cl)c3)c2c1. The van der Waals surface area contributed by atoms with Crippen molar-refractivity contribution in [2.24, 2.45) is 17.8 Å². The Bertz CT molecular complexity index is 1330. The third-order valence-electron chi connectivity index (χ3n) is 7.53. The number of fused-ring (bicyclic) bond motifs is 3. The fourth-order valence-corrected chi connectivity index (χ4v) is 6.11. The molecule has 2 bridgehead atoms. The van der Waals surface area contributed by atoms with Gasteiger partial charge in [-0.2, -0.15) is 0 Å². The van der Waals surface area contributed by atoms with Crippen molar-refractivity contribution in [3.63, 3.8) is 0 Å². The van der Waals surface area contributed by atoms with Crippen molar-refractivity contribution in [1.82, 2.24) is 10.2 Å². The average Bonchev–Trinajstić information content (AvgIpc) is 2.86. The molecule has 0 spiro atoms. The lowest BCUT2D eigenvalue weighted by atomic mass is 9.67. The fraction of sp³-hybridized carbons (Fsp3) is 0.407. The van der Waals surface area contributed by atoms with E-state index in [-0.39, 0.29) is 24.7 Å². The molecule has 37 heavy (non-hydrogen) atoms. The van der Waals surface area contributed by atoms with Crippen LogP contribution in [0.15, 0.2) is 36.4 Å². The summed E-state index contributed by atoms with van der Waals surface area (Å²) in [6.07, 6.45) is 3.48. The highest BCUT2D eigenvalue weighted by molar-refractivity contribution is 6.32. The lowest BCUT2D eigenvalue weighted by Gasteiger charge is -2.47. The number of aliphatic carboxylic acids is 1. The van der Waals surface area contributed by atoms with Gasteiger partial charge in [-0.15, -0.1) is 22.6 Å². The zero-order valence-electron chi connectivity index (χ0n) is 20.5. The van der Waals surface area contributed by atoms with E-state index in [1.807, 2.05) is 36.4 Å². The maximum Gasteiger partial charge on any atom is 0.303 e. The van der Waals surface area contributed by atoms with Gasteiger partial charge in [0, 0.05) is 36.8 Å². The molecule has 0 amide bonds. The number of carboxylic acid groups (broad SMARTS) is 1. The summed E-state index contributed by atoms with van der Waals surface area (Å²) in [5, 5.41) is 24.2. The molecule has 1 saturated carbocycles. The minimum atomic E-state index is -0.712. The molecular weight excluding hydrogens is 513 g/mol. The van der Waals surface area contributed by atoms with Crippen LogP contribution in [0.5, 0.6) is 5.75 Å². The number of methoxy groups -OCH3 is 1. The minimum Gasteiger partial charge on any atom is -0.495 e. The van der Waals surface area contributed by atoms with Gasteiger partial charge in [-0.25, -0.2) is 4.85 Å². The summed E-state index contributed by atoms with van der Waals surface area (Å²) in [6, 6.07) is 11.2. The molecule has 0 radical (unpaired) electrons. The van der Waals surface area contributed by atoms with Crippen molar-refractivity contribution in [3.05, 3.63) is 58.4 Å². The first-order valence-electron chi connectivity index (χ1n) is 12.2. The van der Waals surface area contributed by atoms with Gasteiger partial charge in [-0.3, -0.25) is 4.79 Å². The number of anilines is 2. The molecule has 1 aliphatic carbocycles. The molecule has 2 aliphatic rings. The third-order valence-corrected chi connectivity index (χ3v) is 7.83. The number of piperidine rings is 1. The zero-order valence-corrected chi connectivity index (χ0v) is 22.1. The standard InChI is InChI=1S/C27H28ClN5O3.ClH/c1-29-19-7-8-20-22(11-19)26(30-13-16-6-9-24(36-2)23(28)10-16)31-32-27(20)33-14-17-4-3-5-18(15-33)21(17)12-25(34)35;/h6-11,17-18,21H,3-5,12-15H2,2H3,(H,30,31)(H,34,35);1H. The van der Waals surface area contributed by atoms with Gasteiger partial charge < -0.3 is 20.1 Å². The quantitative estimate of drug-likeness (QED) is 0.344. The average molecular weight is 542 g/mol. The Kier molecular flexibility index (Phi) is 8.25. The number of nitrogens with one attached hydrogen (secondary N) is 1. The van der Waals surface area contributed by atoms with Gasteiger partial charge in [-0.05, 0) is 54.4 Å². The van der Waals surface area contributed by atoms with Crippen molar-refractivity contribution >= 4 is 58.1 Å². The molecule has 5 rings (SSSR count). The van der Waals surface area contributed by atoms with E-state index in [4.69, 9.17) is 22.9 Å². The summed E-state index contributed by atoms with van der Waals surface area (Å²) >= 11 is 6.28. The summed E-state index contributed by atoms with van der Waals surface area (Å²) < 4.78 is 5.23. The van der Waals surface area contributed by atoms with Gasteiger partial charge in [0.05, 0.1) is 18.7 Å². The molecule has 10 heteroatoms. The Morgan fingerprint density at radius 3 is 2.59 bits per heavy atom. The molecule has 1 aliphatic heterocycles. The van der Waals surface area contributed by atoms with Crippen LogP contribution in [-0.2, 0) is 11.3 Å². The number of benzene rings is 2. The predicted molar refractivity (Wildman–Crippen MR) is 147 cm³/mol. The number of halogens is 2. The second kappa shape index (κ2) is 11.4. The summed E-state index contributed by atoms with van der Waals surface area (Å²) in [5.41, 5.74) is 1.50. The van der Waals surface area contributed by atoms with E-state index in [2.05, 4.69) is 25.3 Å². The van der Waals surface area contributed by atoms with Crippen molar-refractivity contribution in [2.75, 3.05) is 30.4 Å². The lowest BCUT2D eigenvalue weighted by molar-refractivity contribution is -0.139. The Hall–Kier alpha value is -3.28. The summed E-state index contributed by atoms with van der Waals surface area (Å²) in [6.45, 7) is 9.53. The van der Waals surface area contributed by atoms with Crippen LogP contribution in [0.4, 0.5) is 17.3 Å². The van der Waals surface area contributed by atoms with Crippen LogP contribution >= 0.6 is 24.0 Å². The van der Waals surface area contributed by atoms with Crippen LogP contribution in [0.25, 0.3) is 15.6 Å². The van der Waals surface area contributed by atoms with Crippen LogP contribution in [0.1, 0.15) is 31.2 Å². The molecule has 2 atom stereocenters. The van der Waals surface area contributed by atoms with E-state index in [9.17, 15) is 9.90 Å². The molecule has 2 heterocycles. The van der Waals surface area contributed by atoms with Crippen molar-refractivity contribution in [2.45, 2.75) is 32.2 Å². The number of hydrogen-bond donors (Lipinski definition) is 2. The molecule has 2 aromatic carbocycles. The highest BCUT2D eigenvalue weighted by Gasteiger charge is 2.41. The third kappa shape index (κ3) is 5.53. The highest BCUT2D eigenvalue weighted by atomic mass is 35.5. The first-order chi connectivity index (χ1) is 17.5. The largest absolute Gasteiger partial charge is 0.495 e. The van der Waals surface area contributed by atoms with Gasteiger partial charge in [0.25, 0.3) is 0 Å². The van der Waals surface area contributed by atoms with Crippen LogP contribution in [0.3, 0.4) is 0 Å². The lowest BCUT2D eigenvalue weighted by Crippen LogP contribution is -2.49. The second-order valence-electron chi connectivity index (χ2n) is 9.65. The molecule has 2 N–H and O–H groups in total. The number of aromatic nitrogens is 2.